The molecule has 0 heterocycles. The number of carbonyl (C=O) groups is 1. The van der Waals surface area contributed by atoms with Gasteiger partial charge in [0.15, 0.2) is 0 Å². The number of hydrogen-bond acceptors (Lipinski definition) is 1. The second kappa shape index (κ2) is 6.79. The smallest absolute Gasteiger partial charge is 0.132 e. The summed E-state index contributed by atoms with van der Waals surface area (Å²) in [4.78, 5) is 11.3. The average molecular weight is 287 g/mol. The van der Waals surface area contributed by atoms with E-state index in [1.165, 1.54) is 6.07 Å². The van der Waals surface area contributed by atoms with Gasteiger partial charge in [0.2, 0.25) is 0 Å². The molecule has 0 radical (unpaired) electrons. The second-order valence-corrected chi connectivity index (χ2v) is 4.79. The number of benzene rings is 1. The lowest BCUT2D eigenvalue weighted by Crippen LogP contribution is -1.99. The van der Waals surface area contributed by atoms with Crippen LogP contribution in [0.2, 0.25) is 0 Å². The van der Waals surface area contributed by atoms with Crippen molar-refractivity contribution in [3.05, 3.63) is 34.1 Å². The lowest BCUT2D eigenvalue weighted by Gasteiger charge is -2.03. The summed E-state index contributed by atoms with van der Waals surface area (Å²) < 4.78 is 14.2. The van der Waals surface area contributed by atoms with Crippen LogP contribution >= 0.6 is 15.9 Å². The van der Waals surface area contributed by atoms with Gasteiger partial charge in [-0.05, 0) is 43.0 Å². The molecule has 0 aliphatic rings. The van der Waals surface area contributed by atoms with E-state index >= 15 is 0 Å². The highest BCUT2D eigenvalue weighted by atomic mass is 79.9. The van der Waals surface area contributed by atoms with Crippen LogP contribution in [0.15, 0.2) is 22.7 Å². The first-order valence-electron chi connectivity index (χ1n) is 5.59. The Bertz CT molecular complexity index is 363. The van der Waals surface area contributed by atoms with Crippen LogP contribution in [0, 0.1) is 5.82 Å². The van der Waals surface area contributed by atoms with E-state index in [0.717, 1.165) is 17.3 Å². The van der Waals surface area contributed by atoms with Crippen molar-refractivity contribution in [3.63, 3.8) is 0 Å². The molecule has 0 unspecified atom stereocenters. The normalized spacial score (nSPS) is 10.4. The van der Waals surface area contributed by atoms with Crippen LogP contribution in [0.4, 0.5) is 4.39 Å². The predicted octanol–water partition coefficient (Wildman–Crippen LogP) is 4.28. The van der Waals surface area contributed by atoms with E-state index in [4.69, 9.17) is 0 Å². The Kier molecular flexibility index (Phi) is 5.67. The molecule has 1 rings (SSSR count). The summed E-state index contributed by atoms with van der Waals surface area (Å²) in [7, 11) is 0. The van der Waals surface area contributed by atoms with Crippen LogP contribution < -0.4 is 0 Å². The van der Waals surface area contributed by atoms with Gasteiger partial charge in [0, 0.05) is 17.3 Å². The Hall–Kier alpha value is -0.700. The lowest BCUT2D eigenvalue weighted by atomic mass is 10.0. The minimum Gasteiger partial charge on any atom is -0.300 e. The van der Waals surface area contributed by atoms with Crippen LogP contribution in [0.25, 0.3) is 0 Å². The van der Waals surface area contributed by atoms with Gasteiger partial charge < -0.3 is 0 Å². The van der Waals surface area contributed by atoms with E-state index in [2.05, 4.69) is 15.9 Å². The summed E-state index contributed by atoms with van der Waals surface area (Å²) in [5.74, 6) is 0.0871. The zero-order valence-electron chi connectivity index (χ0n) is 9.43. The topological polar surface area (TPSA) is 17.1 Å². The van der Waals surface area contributed by atoms with Gasteiger partial charge in [0.1, 0.15) is 11.6 Å². The summed E-state index contributed by atoms with van der Waals surface area (Å²) in [6, 6.07) is 4.91. The number of Topliss-reactive ketones (excluding diaryl/α,β-unsaturated/α-hetero) is 1. The van der Waals surface area contributed by atoms with Crippen LogP contribution in [0.5, 0.6) is 0 Å². The fourth-order valence-electron chi connectivity index (χ4n) is 1.61. The summed E-state index contributed by atoms with van der Waals surface area (Å²) in [6.45, 7) is 1.99. The van der Waals surface area contributed by atoms with E-state index in [-0.39, 0.29) is 11.6 Å². The highest BCUT2D eigenvalue weighted by molar-refractivity contribution is 9.10. The molecule has 0 aliphatic heterocycles. The Morgan fingerprint density at radius 2 is 2.12 bits per heavy atom. The highest BCUT2D eigenvalue weighted by Gasteiger charge is 2.05. The van der Waals surface area contributed by atoms with Crippen LogP contribution in [-0.2, 0) is 11.2 Å². The monoisotopic (exact) mass is 286 g/mol. The maximum Gasteiger partial charge on any atom is 0.132 e. The minimum atomic E-state index is -0.189. The number of hydrogen-bond donors (Lipinski definition) is 0. The van der Waals surface area contributed by atoms with Crippen molar-refractivity contribution in [2.24, 2.45) is 0 Å². The number of ketones is 1. The fraction of sp³-hybridized carbons (Fsp3) is 0.462. The average Bonchev–Trinajstić information content (AvgIpc) is 2.23. The molecule has 3 heteroatoms. The van der Waals surface area contributed by atoms with Crippen LogP contribution in [0.1, 0.15) is 38.2 Å². The van der Waals surface area contributed by atoms with Crippen molar-refractivity contribution in [1.29, 1.82) is 0 Å². The molecule has 0 N–H and O–H groups in total. The van der Waals surface area contributed by atoms with Gasteiger partial charge >= 0.3 is 0 Å². The molecule has 0 aromatic heterocycles. The van der Waals surface area contributed by atoms with Gasteiger partial charge in [0.25, 0.3) is 0 Å². The highest BCUT2D eigenvalue weighted by Crippen LogP contribution is 2.17. The predicted molar refractivity (Wildman–Crippen MR) is 67.0 cm³/mol. The molecule has 0 saturated heterocycles. The summed E-state index contributed by atoms with van der Waals surface area (Å²) in [5, 5.41) is 0. The van der Waals surface area contributed by atoms with E-state index in [9.17, 15) is 9.18 Å². The van der Waals surface area contributed by atoms with Gasteiger partial charge in [-0.15, -0.1) is 0 Å². The zero-order valence-corrected chi connectivity index (χ0v) is 11.0. The molecule has 0 bridgehead atoms. The zero-order chi connectivity index (χ0) is 12.0. The first-order valence-corrected chi connectivity index (χ1v) is 6.38. The fourth-order valence-corrected chi connectivity index (χ4v) is 2.02. The van der Waals surface area contributed by atoms with E-state index in [1.54, 1.807) is 12.1 Å². The quantitative estimate of drug-likeness (QED) is 0.763. The SMILES string of the molecule is CCCC(=O)CCCc1cc(Br)ccc1F. The standard InChI is InChI=1S/C13H16BrFO/c1-2-4-12(16)6-3-5-10-9-11(14)7-8-13(10)15/h7-9H,2-6H2,1H3. The van der Waals surface area contributed by atoms with Gasteiger partial charge in [-0.2, -0.15) is 0 Å². The summed E-state index contributed by atoms with van der Waals surface area (Å²) >= 11 is 3.31. The molecular weight excluding hydrogens is 271 g/mol. The van der Waals surface area contributed by atoms with Crippen molar-refractivity contribution < 1.29 is 9.18 Å². The van der Waals surface area contributed by atoms with E-state index in [1.807, 2.05) is 6.92 Å². The van der Waals surface area contributed by atoms with Crippen molar-refractivity contribution in [2.45, 2.75) is 39.0 Å². The van der Waals surface area contributed by atoms with Gasteiger partial charge in [-0.25, -0.2) is 4.39 Å². The first kappa shape index (κ1) is 13.4. The molecule has 1 aromatic rings. The maximum absolute atomic E-state index is 13.3. The Balaban J connectivity index is 2.42. The molecule has 1 nitrogen and oxygen atoms in total. The van der Waals surface area contributed by atoms with Crippen molar-refractivity contribution in [3.8, 4) is 0 Å². The van der Waals surface area contributed by atoms with Gasteiger partial charge in [-0.1, -0.05) is 22.9 Å². The van der Waals surface area contributed by atoms with Gasteiger partial charge in [-0.3, -0.25) is 4.79 Å². The summed E-state index contributed by atoms with van der Waals surface area (Å²) in [5.41, 5.74) is 0.679. The molecule has 16 heavy (non-hydrogen) atoms. The molecule has 0 saturated carbocycles. The third kappa shape index (κ3) is 4.44. The van der Waals surface area contributed by atoms with Crippen molar-refractivity contribution >= 4 is 21.7 Å². The molecule has 0 spiro atoms. The molecule has 0 atom stereocenters. The van der Waals surface area contributed by atoms with Crippen LogP contribution in [0.3, 0.4) is 0 Å². The second-order valence-electron chi connectivity index (χ2n) is 3.88. The lowest BCUT2D eigenvalue weighted by molar-refractivity contribution is -0.119. The van der Waals surface area contributed by atoms with Gasteiger partial charge in [0.05, 0.1) is 0 Å². The first-order chi connectivity index (χ1) is 7.63. The Morgan fingerprint density at radius 3 is 2.81 bits per heavy atom. The molecular formula is C13H16BrFO. The summed E-state index contributed by atoms with van der Waals surface area (Å²) in [6.07, 6.45) is 3.44. The van der Waals surface area contributed by atoms with E-state index < -0.39 is 0 Å². The van der Waals surface area contributed by atoms with Crippen LogP contribution in [-0.4, -0.2) is 5.78 Å². The molecule has 1 aromatic carbocycles. The third-order valence-electron chi connectivity index (χ3n) is 2.44. The largest absolute Gasteiger partial charge is 0.300 e. The van der Waals surface area contributed by atoms with E-state index in [0.29, 0.717) is 24.8 Å². The molecule has 88 valence electrons. The Morgan fingerprint density at radius 1 is 1.38 bits per heavy atom. The minimum absolute atomic E-state index is 0.189. The number of halogens is 2. The third-order valence-corrected chi connectivity index (χ3v) is 2.93. The maximum atomic E-state index is 13.3. The van der Waals surface area contributed by atoms with Crippen molar-refractivity contribution in [1.82, 2.24) is 0 Å². The van der Waals surface area contributed by atoms with Crippen molar-refractivity contribution in [2.75, 3.05) is 0 Å². The number of aryl methyl sites for hydroxylation is 1. The number of carbonyl (C=O) groups excluding carboxylic acids is 1. The number of rotatable bonds is 6. The molecule has 0 aliphatic carbocycles. The Labute approximate surface area is 104 Å². The molecule has 0 fully saturated rings. The molecule has 0 amide bonds.